The lowest BCUT2D eigenvalue weighted by Crippen LogP contribution is -2.58. The largest absolute Gasteiger partial charge is 0.399 e. The Balaban J connectivity index is 1.44. The van der Waals surface area contributed by atoms with E-state index < -0.39 is 15.4 Å². The van der Waals surface area contributed by atoms with E-state index in [0.717, 1.165) is 54.7 Å². The molecule has 44 heavy (non-hydrogen) atoms. The molecule has 0 radical (unpaired) electrons. The van der Waals surface area contributed by atoms with Crippen molar-refractivity contribution >= 4 is 15.7 Å². The third kappa shape index (κ3) is 5.52. The Kier molecular flexibility index (Phi) is 9.32. The SMILES string of the molecule is CO/N=C1\CC[C@]2(C)C3=C(CC[C@H]2[C@]1(C)CNS(=O)(=O)c1ccc(C)cc1)[C@]1(C)CC[C@H]([C@H](C)CCCC(C)C)[C@@]1(C)CC3. The third-order valence-corrected chi connectivity index (χ3v) is 15.1. The Morgan fingerprint density at radius 2 is 1.64 bits per heavy atom. The van der Waals surface area contributed by atoms with Crippen molar-refractivity contribution in [1.29, 1.82) is 0 Å². The van der Waals surface area contributed by atoms with Gasteiger partial charge in [-0.1, -0.05) is 102 Å². The fourth-order valence-electron chi connectivity index (χ4n) is 10.9. The minimum Gasteiger partial charge on any atom is -0.399 e. The fourth-order valence-corrected chi connectivity index (χ4v) is 12.0. The van der Waals surface area contributed by atoms with E-state index in [4.69, 9.17) is 4.84 Å². The van der Waals surface area contributed by atoms with Gasteiger partial charge in [0.05, 0.1) is 10.6 Å². The van der Waals surface area contributed by atoms with Crippen molar-refractivity contribution in [3.05, 3.63) is 41.0 Å². The van der Waals surface area contributed by atoms with Gasteiger partial charge < -0.3 is 4.84 Å². The lowest BCUT2D eigenvalue weighted by atomic mass is 9.43. The number of sulfonamides is 1. The van der Waals surface area contributed by atoms with Gasteiger partial charge in [-0.25, -0.2) is 13.1 Å². The van der Waals surface area contributed by atoms with E-state index in [1.54, 1.807) is 30.4 Å². The summed E-state index contributed by atoms with van der Waals surface area (Å²) < 4.78 is 29.9. The van der Waals surface area contributed by atoms with Crippen molar-refractivity contribution in [2.45, 2.75) is 131 Å². The second-order valence-corrected chi connectivity index (χ2v) is 18.2. The lowest BCUT2D eigenvalue weighted by Gasteiger charge is -2.61. The second kappa shape index (κ2) is 12.2. The van der Waals surface area contributed by atoms with Crippen LogP contribution < -0.4 is 4.72 Å². The highest BCUT2D eigenvalue weighted by molar-refractivity contribution is 7.89. The maximum atomic E-state index is 13.5. The first-order valence-corrected chi connectivity index (χ1v) is 19.0. The molecule has 1 N–H and O–H groups in total. The molecule has 0 saturated heterocycles. The van der Waals surface area contributed by atoms with E-state index in [9.17, 15) is 8.42 Å². The number of allylic oxidation sites excluding steroid dienone is 2. The summed E-state index contributed by atoms with van der Waals surface area (Å²) in [6.45, 7) is 19.6. The topological polar surface area (TPSA) is 67.8 Å². The molecule has 0 aromatic heterocycles. The molecule has 1 aromatic carbocycles. The van der Waals surface area contributed by atoms with E-state index in [-0.39, 0.29) is 10.8 Å². The molecular formula is C38H60N2O3S. The number of hydrogen-bond acceptors (Lipinski definition) is 4. The van der Waals surface area contributed by atoms with E-state index in [2.05, 4.69) is 58.3 Å². The fraction of sp³-hybridized carbons (Fsp3) is 0.763. The number of rotatable bonds is 10. The van der Waals surface area contributed by atoms with Crippen LogP contribution in [0.3, 0.4) is 0 Å². The van der Waals surface area contributed by atoms with Crippen LogP contribution in [0.2, 0.25) is 0 Å². The normalized spacial score (nSPS) is 37.1. The van der Waals surface area contributed by atoms with Gasteiger partial charge in [0.25, 0.3) is 0 Å². The van der Waals surface area contributed by atoms with Gasteiger partial charge >= 0.3 is 0 Å². The van der Waals surface area contributed by atoms with E-state index in [1.165, 1.54) is 44.9 Å². The van der Waals surface area contributed by atoms with Gasteiger partial charge in [-0.2, -0.15) is 0 Å². The predicted octanol–water partition coefficient (Wildman–Crippen LogP) is 9.47. The Morgan fingerprint density at radius 3 is 2.30 bits per heavy atom. The highest BCUT2D eigenvalue weighted by atomic mass is 32.2. The standard InChI is InChI=1S/C38H60N2O3S/c1-26(2)11-10-12-28(4)30-19-23-38(8)32-17-18-33-35(5,31(32)20-24-37(30,38)7)22-21-34(40-43-9)36(33,6)25-39-44(41,42)29-15-13-27(3)14-16-29/h13-16,26,28,30,33,39H,10-12,17-25H2,1-9H3/b40-34+/t28-,30-,33-,35-,36+,37-,38+/m1/s1. The van der Waals surface area contributed by atoms with Crippen molar-refractivity contribution in [2.75, 3.05) is 13.7 Å². The maximum Gasteiger partial charge on any atom is 0.240 e. The molecule has 246 valence electrons. The van der Waals surface area contributed by atoms with Crippen LogP contribution in [0.25, 0.3) is 0 Å². The van der Waals surface area contributed by atoms with Crippen LogP contribution in [-0.2, 0) is 14.9 Å². The summed E-state index contributed by atoms with van der Waals surface area (Å²) in [5.74, 6) is 2.67. The molecule has 6 heteroatoms. The zero-order chi connectivity index (χ0) is 32.1. The summed E-state index contributed by atoms with van der Waals surface area (Å²) in [6, 6.07) is 7.12. The van der Waals surface area contributed by atoms with Gasteiger partial charge in [0, 0.05) is 12.0 Å². The molecule has 0 amide bonds. The van der Waals surface area contributed by atoms with Gasteiger partial charge in [0.15, 0.2) is 0 Å². The number of benzene rings is 1. The molecule has 4 aliphatic carbocycles. The molecule has 0 spiro atoms. The molecule has 4 aliphatic rings. The molecule has 0 heterocycles. The molecule has 5 rings (SSSR count). The van der Waals surface area contributed by atoms with E-state index in [0.29, 0.717) is 22.8 Å². The van der Waals surface area contributed by atoms with Crippen LogP contribution in [-0.4, -0.2) is 27.8 Å². The summed E-state index contributed by atoms with van der Waals surface area (Å²) in [6.07, 6.45) is 13.3. The Hall–Kier alpha value is -1.66. The molecule has 7 atom stereocenters. The highest BCUT2D eigenvalue weighted by Gasteiger charge is 2.63. The minimum atomic E-state index is -3.65. The zero-order valence-electron chi connectivity index (χ0n) is 29.2. The van der Waals surface area contributed by atoms with Crippen molar-refractivity contribution < 1.29 is 13.3 Å². The van der Waals surface area contributed by atoms with Crippen LogP contribution in [0.15, 0.2) is 45.5 Å². The molecular weight excluding hydrogens is 564 g/mol. The van der Waals surface area contributed by atoms with Crippen LogP contribution in [0, 0.1) is 52.3 Å². The zero-order valence-corrected chi connectivity index (χ0v) is 30.0. The molecule has 0 bridgehead atoms. The molecule has 0 unspecified atom stereocenters. The molecule has 0 aliphatic heterocycles. The van der Waals surface area contributed by atoms with Gasteiger partial charge in [-0.15, -0.1) is 0 Å². The predicted molar refractivity (Wildman–Crippen MR) is 182 cm³/mol. The monoisotopic (exact) mass is 624 g/mol. The van der Waals surface area contributed by atoms with Gasteiger partial charge in [-0.05, 0) is 110 Å². The summed E-state index contributed by atoms with van der Waals surface area (Å²) >= 11 is 0. The second-order valence-electron chi connectivity index (χ2n) is 16.4. The number of nitrogens with zero attached hydrogens (tertiary/aromatic N) is 1. The first-order valence-electron chi connectivity index (χ1n) is 17.5. The number of hydrogen-bond donors (Lipinski definition) is 1. The molecule has 2 saturated carbocycles. The number of oxime groups is 1. The van der Waals surface area contributed by atoms with Crippen LogP contribution in [0.5, 0.6) is 0 Å². The van der Waals surface area contributed by atoms with Crippen molar-refractivity contribution in [1.82, 2.24) is 4.72 Å². The van der Waals surface area contributed by atoms with Crippen LogP contribution >= 0.6 is 0 Å². The molecule has 1 aromatic rings. The number of aryl methyl sites for hydroxylation is 1. The van der Waals surface area contributed by atoms with Crippen molar-refractivity contribution in [3.8, 4) is 0 Å². The van der Waals surface area contributed by atoms with Crippen LogP contribution in [0.1, 0.15) is 125 Å². The van der Waals surface area contributed by atoms with Crippen molar-refractivity contribution in [2.24, 2.45) is 50.5 Å². The Bertz CT molecular complexity index is 1380. The first kappa shape index (κ1) is 33.7. The smallest absolute Gasteiger partial charge is 0.240 e. The van der Waals surface area contributed by atoms with E-state index in [1.807, 2.05) is 19.1 Å². The number of nitrogens with one attached hydrogen (secondary N) is 1. The maximum absolute atomic E-state index is 13.5. The van der Waals surface area contributed by atoms with Crippen molar-refractivity contribution in [3.63, 3.8) is 0 Å². The summed E-state index contributed by atoms with van der Waals surface area (Å²) in [7, 11) is -2.03. The highest BCUT2D eigenvalue weighted by Crippen LogP contribution is 2.72. The number of fused-ring (bicyclic) bond motifs is 4. The van der Waals surface area contributed by atoms with E-state index >= 15 is 0 Å². The average Bonchev–Trinajstić information content (AvgIpc) is 3.25. The average molecular weight is 625 g/mol. The van der Waals surface area contributed by atoms with Gasteiger partial charge in [0.2, 0.25) is 10.0 Å². The quantitative estimate of drug-likeness (QED) is 0.208. The molecule has 2 fully saturated rings. The third-order valence-electron chi connectivity index (χ3n) is 13.7. The Morgan fingerprint density at radius 1 is 0.932 bits per heavy atom. The summed E-state index contributed by atoms with van der Waals surface area (Å²) in [5, 5.41) is 4.56. The van der Waals surface area contributed by atoms with Gasteiger partial charge in [-0.3, -0.25) is 0 Å². The summed E-state index contributed by atoms with van der Waals surface area (Å²) in [4.78, 5) is 5.70. The Labute approximate surface area is 269 Å². The first-order chi connectivity index (χ1) is 20.6. The lowest BCUT2D eigenvalue weighted by molar-refractivity contribution is 0.00657. The molecule has 5 nitrogen and oxygen atoms in total. The summed E-state index contributed by atoms with van der Waals surface area (Å²) in [5.41, 5.74) is 5.77. The van der Waals surface area contributed by atoms with Gasteiger partial charge in [0.1, 0.15) is 7.11 Å². The minimum absolute atomic E-state index is 0.0374. The van der Waals surface area contributed by atoms with Crippen LogP contribution in [0.4, 0.5) is 0 Å².